The van der Waals surface area contributed by atoms with Gasteiger partial charge in [0.25, 0.3) is 5.91 Å². The molecule has 6 nitrogen and oxygen atoms in total. The normalized spacial score (nSPS) is 14.3. The smallest absolute Gasteiger partial charge is 0.410 e. The summed E-state index contributed by atoms with van der Waals surface area (Å²) in [5, 5.41) is 5.06. The third-order valence-corrected chi connectivity index (χ3v) is 5.60. The van der Waals surface area contributed by atoms with Crippen LogP contribution in [0, 0.1) is 24.0 Å². The molecule has 2 aromatic rings. The first-order chi connectivity index (χ1) is 14.0. The van der Waals surface area contributed by atoms with Gasteiger partial charge in [-0.25, -0.2) is 18.6 Å². The molecule has 1 N–H and O–H groups in total. The number of likely N-dealkylation sites (tertiary alicyclic amines) is 1. The number of thiazole rings is 1. The van der Waals surface area contributed by atoms with Crippen LogP contribution in [-0.2, 0) is 11.3 Å². The van der Waals surface area contributed by atoms with Crippen molar-refractivity contribution in [1.82, 2.24) is 15.2 Å². The van der Waals surface area contributed by atoms with Gasteiger partial charge in [-0.05, 0) is 18.9 Å². The van der Waals surface area contributed by atoms with E-state index < -0.39 is 23.6 Å². The third-order valence-electron chi connectivity index (χ3n) is 4.59. The number of ether oxygens (including phenoxy) is 1. The van der Waals surface area contributed by atoms with Gasteiger partial charge < -0.3 is 15.0 Å². The van der Waals surface area contributed by atoms with E-state index in [0.717, 1.165) is 17.1 Å². The zero-order valence-corrected chi connectivity index (χ0v) is 16.3. The van der Waals surface area contributed by atoms with Crippen LogP contribution in [0.2, 0.25) is 0 Å². The van der Waals surface area contributed by atoms with Crippen molar-refractivity contribution in [3.63, 3.8) is 0 Å². The Balaban J connectivity index is 1.52. The minimum Gasteiger partial charge on any atom is -0.436 e. The second kappa shape index (κ2) is 9.47. The zero-order chi connectivity index (χ0) is 20.8. The minimum absolute atomic E-state index is 0.0501. The van der Waals surface area contributed by atoms with Crippen LogP contribution in [0.1, 0.15) is 39.8 Å². The van der Waals surface area contributed by atoms with Crippen LogP contribution >= 0.6 is 11.3 Å². The maximum atomic E-state index is 13.7. The Hall–Kier alpha value is -2.99. The van der Waals surface area contributed by atoms with Crippen LogP contribution in [0.4, 0.5) is 13.6 Å². The van der Waals surface area contributed by atoms with E-state index in [0.29, 0.717) is 25.9 Å². The lowest BCUT2D eigenvalue weighted by Crippen LogP contribution is -2.38. The Morgan fingerprint density at radius 1 is 1.34 bits per heavy atom. The van der Waals surface area contributed by atoms with Gasteiger partial charge in [0, 0.05) is 42.6 Å². The number of piperidine rings is 1. The predicted octanol–water partition coefficient (Wildman–Crippen LogP) is 3.30. The topological polar surface area (TPSA) is 71.5 Å². The molecular formula is C20H19F2N3O3S. The average Bonchev–Trinajstić information content (AvgIpc) is 3.21. The molecule has 0 aliphatic carbocycles. The highest BCUT2D eigenvalue weighted by Gasteiger charge is 2.27. The molecule has 29 heavy (non-hydrogen) atoms. The van der Waals surface area contributed by atoms with Crippen molar-refractivity contribution >= 4 is 23.3 Å². The van der Waals surface area contributed by atoms with Gasteiger partial charge in [-0.2, -0.15) is 0 Å². The predicted molar refractivity (Wildman–Crippen MR) is 103 cm³/mol. The Morgan fingerprint density at radius 2 is 2.10 bits per heavy atom. The fraction of sp³-hybridized carbons (Fsp3) is 0.350. The Labute approximate surface area is 170 Å². The van der Waals surface area contributed by atoms with Crippen molar-refractivity contribution in [2.45, 2.75) is 25.3 Å². The van der Waals surface area contributed by atoms with Gasteiger partial charge in [0.05, 0.1) is 5.01 Å². The number of rotatable bonds is 5. The molecule has 0 radical (unpaired) electrons. The van der Waals surface area contributed by atoms with Crippen molar-refractivity contribution < 1.29 is 23.1 Å². The van der Waals surface area contributed by atoms with E-state index in [4.69, 9.17) is 11.2 Å². The molecular weight excluding hydrogens is 400 g/mol. The second-order valence-electron chi connectivity index (χ2n) is 6.51. The lowest BCUT2D eigenvalue weighted by Gasteiger charge is -2.30. The summed E-state index contributed by atoms with van der Waals surface area (Å²) >= 11 is 1.38. The van der Waals surface area contributed by atoms with Crippen LogP contribution in [-0.4, -0.2) is 41.6 Å². The molecule has 1 aromatic carbocycles. The molecule has 0 bridgehead atoms. The zero-order valence-electron chi connectivity index (χ0n) is 15.5. The van der Waals surface area contributed by atoms with Crippen LogP contribution in [0.3, 0.4) is 0 Å². The number of halogens is 2. The molecule has 0 unspecified atom stereocenters. The van der Waals surface area contributed by atoms with E-state index in [1.54, 1.807) is 10.3 Å². The number of terminal acetylenes is 1. The van der Waals surface area contributed by atoms with Crippen LogP contribution in [0.15, 0.2) is 23.6 Å². The number of aromatic nitrogens is 1. The fourth-order valence-electron chi connectivity index (χ4n) is 3.01. The average molecular weight is 419 g/mol. The first-order valence-corrected chi connectivity index (χ1v) is 9.88. The molecule has 9 heteroatoms. The number of amides is 2. The van der Waals surface area contributed by atoms with Crippen LogP contribution < -0.4 is 5.32 Å². The summed E-state index contributed by atoms with van der Waals surface area (Å²) in [6.07, 6.45) is 6.08. The van der Waals surface area contributed by atoms with E-state index in [2.05, 4.69) is 16.2 Å². The SMILES string of the molecule is C#CCOC(=O)N1CCC(c2nc(C(=O)NCc3ccc(F)cc3F)cs2)CC1. The third kappa shape index (κ3) is 5.29. The molecule has 1 saturated heterocycles. The van der Waals surface area contributed by atoms with Gasteiger partial charge >= 0.3 is 6.09 Å². The summed E-state index contributed by atoms with van der Waals surface area (Å²) in [4.78, 5) is 30.1. The highest BCUT2D eigenvalue weighted by molar-refractivity contribution is 7.09. The van der Waals surface area contributed by atoms with Crippen molar-refractivity contribution in [1.29, 1.82) is 0 Å². The number of hydrogen-bond donors (Lipinski definition) is 1. The fourth-order valence-corrected chi connectivity index (χ4v) is 3.99. The standard InChI is InChI=1S/C20H19F2N3O3S/c1-2-9-28-20(27)25-7-5-13(6-8-25)19-24-17(12-29-19)18(26)23-11-14-3-4-15(21)10-16(14)22/h1,3-4,10,12-13H,5-9,11H2,(H,23,26). The van der Waals surface area contributed by atoms with Gasteiger partial charge in [-0.1, -0.05) is 12.0 Å². The summed E-state index contributed by atoms with van der Waals surface area (Å²) in [6.45, 7) is 0.944. The molecule has 0 spiro atoms. The number of nitrogens with zero attached hydrogens (tertiary/aromatic N) is 2. The number of carbonyl (C=O) groups excluding carboxylic acids is 2. The van der Waals surface area contributed by atoms with Gasteiger partial charge in [0.15, 0.2) is 6.61 Å². The molecule has 3 rings (SSSR count). The van der Waals surface area contributed by atoms with Gasteiger partial charge in [-0.3, -0.25) is 4.79 Å². The molecule has 2 amide bonds. The molecule has 2 heterocycles. The molecule has 1 aromatic heterocycles. The molecule has 152 valence electrons. The maximum Gasteiger partial charge on any atom is 0.410 e. The van der Waals surface area contributed by atoms with Gasteiger partial charge in [-0.15, -0.1) is 17.8 Å². The Morgan fingerprint density at radius 3 is 2.79 bits per heavy atom. The second-order valence-corrected chi connectivity index (χ2v) is 7.40. The number of benzene rings is 1. The quantitative estimate of drug-likeness (QED) is 0.755. The van der Waals surface area contributed by atoms with Crippen molar-refractivity contribution in [3.05, 3.63) is 51.5 Å². The van der Waals surface area contributed by atoms with E-state index in [1.807, 2.05) is 0 Å². The first kappa shape index (κ1) is 20.7. The molecule has 0 saturated carbocycles. The van der Waals surface area contributed by atoms with E-state index in [1.165, 1.54) is 17.4 Å². The molecule has 1 aliphatic rings. The van der Waals surface area contributed by atoms with E-state index >= 15 is 0 Å². The monoisotopic (exact) mass is 419 g/mol. The highest BCUT2D eigenvalue weighted by atomic mass is 32.1. The number of hydrogen-bond acceptors (Lipinski definition) is 5. The van der Waals surface area contributed by atoms with E-state index in [9.17, 15) is 18.4 Å². The van der Waals surface area contributed by atoms with Gasteiger partial charge in [0.1, 0.15) is 17.3 Å². The summed E-state index contributed by atoms with van der Waals surface area (Å²) in [5.74, 6) is 0.599. The molecule has 1 aliphatic heterocycles. The number of carbonyl (C=O) groups is 2. The van der Waals surface area contributed by atoms with Crippen molar-refractivity contribution in [3.8, 4) is 12.3 Å². The lowest BCUT2D eigenvalue weighted by atomic mass is 9.98. The van der Waals surface area contributed by atoms with Crippen molar-refractivity contribution in [2.75, 3.05) is 19.7 Å². The summed E-state index contributed by atoms with van der Waals surface area (Å²) in [7, 11) is 0. The summed E-state index contributed by atoms with van der Waals surface area (Å²) in [5.41, 5.74) is 0.447. The lowest BCUT2D eigenvalue weighted by molar-refractivity contribution is 0.0946. The van der Waals surface area contributed by atoms with Crippen LogP contribution in [0.25, 0.3) is 0 Å². The van der Waals surface area contributed by atoms with Gasteiger partial charge in [0.2, 0.25) is 0 Å². The van der Waals surface area contributed by atoms with Crippen molar-refractivity contribution in [2.24, 2.45) is 0 Å². The summed E-state index contributed by atoms with van der Waals surface area (Å²) < 4.78 is 31.5. The minimum atomic E-state index is -0.711. The summed E-state index contributed by atoms with van der Waals surface area (Å²) in [6, 6.07) is 3.21. The highest BCUT2D eigenvalue weighted by Crippen LogP contribution is 2.30. The maximum absolute atomic E-state index is 13.7. The largest absolute Gasteiger partial charge is 0.436 e. The first-order valence-electron chi connectivity index (χ1n) is 9.00. The number of nitrogens with one attached hydrogen (secondary N) is 1. The Bertz CT molecular complexity index is 933. The molecule has 1 fully saturated rings. The van der Waals surface area contributed by atoms with Crippen LogP contribution in [0.5, 0.6) is 0 Å². The molecule has 0 atom stereocenters. The Kier molecular flexibility index (Phi) is 6.77. The van der Waals surface area contributed by atoms with E-state index in [-0.39, 0.29) is 30.3 Å².